The highest BCUT2D eigenvalue weighted by Gasteiger charge is 2.09. The lowest BCUT2D eigenvalue weighted by molar-refractivity contribution is -0.137. The first-order valence-electron chi connectivity index (χ1n) is 7.91. The smallest absolute Gasteiger partial charge is 0.303 e. The second-order valence-electron chi connectivity index (χ2n) is 5.55. The fourth-order valence-electron chi connectivity index (χ4n) is 2.55. The molecule has 0 atom stereocenters. The molecule has 2 rings (SSSR count). The molecular weight excluding hydrogens is 266 g/mol. The zero-order chi connectivity index (χ0) is 14.9. The van der Waals surface area contributed by atoms with E-state index in [-0.39, 0.29) is 6.42 Å². The van der Waals surface area contributed by atoms with Crippen molar-refractivity contribution >= 4 is 11.8 Å². The Balaban J connectivity index is 1.57. The van der Waals surface area contributed by atoms with Gasteiger partial charge in [0, 0.05) is 18.7 Å². The van der Waals surface area contributed by atoms with Gasteiger partial charge in [0.2, 0.25) is 0 Å². The molecule has 5 nitrogen and oxygen atoms in total. The molecule has 0 radical (unpaired) electrons. The summed E-state index contributed by atoms with van der Waals surface area (Å²) < 4.78 is 0. The number of hydrogen-bond donors (Lipinski definition) is 3. The molecule has 5 heteroatoms. The predicted molar refractivity (Wildman–Crippen MR) is 83.7 cm³/mol. The van der Waals surface area contributed by atoms with Gasteiger partial charge in [-0.05, 0) is 63.2 Å². The highest BCUT2D eigenvalue weighted by molar-refractivity contribution is 5.66. The number of pyridine rings is 1. The molecule has 1 aromatic rings. The van der Waals surface area contributed by atoms with Crippen LogP contribution in [0.4, 0.5) is 5.82 Å². The van der Waals surface area contributed by atoms with Crippen LogP contribution in [0.1, 0.15) is 43.4 Å². The molecular formula is C16H25N3O2. The topological polar surface area (TPSA) is 74.2 Å². The van der Waals surface area contributed by atoms with Crippen molar-refractivity contribution in [2.75, 3.05) is 25.0 Å². The van der Waals surface area contributed by atoms with Gasteiger partial charge in [-0.25, -0.2) is 4.98 Å². The Bertz CT molecular complexity index is 463. The van der Waals surface area contributed by atoms with E-state index >= 15 is 0 Å². The number of anilines is 1. The standard InChI is InChI=1S/C16H25N3O2/c20-15(21)7-4-11-17-10-2-1-6-14-9-8-13-5-3-12-18-16(13)19-14/h8-9,17H,1-7,10-12H2,(H,18,19)(H,20,21). The maximum Gasteiger partial charge on any atom is 0.303 e. The van der Waals surface area contributed by atoms with E-state index in [1.54, 1.807) is 0 Å². The van der Waals surface area contributed by atoms with Crippen LogP contribution in [0.3, 0.4) is 0 Å². The Morgan fingerprint density at radius 1 is 1.29 bits per heavy atom. The molecule has 0 spiro atoms. The molecule has 116 valence electrons. The third kappa shape index (κ3) is 5.71. The van der Waals surface area contributed by atoms with E-state index in [4.69, 9.17) is 5.11 Å². The van der Waals surface area contributed by atoms with Gasteiger partial charge in [0.1, 0.15) is 5.82 Å². The molecule has 0 amide bonds. The van der Waals surface area contributed by atoms with E-state index in [0.717, 1.165) is 56.8 Å². The quantitative estimate of drug-likeness (QED) is 0.608. The first-order chi connectivity index (χ1) is 10.3. The Labute approximate surface area is 126 Å². The summed E-state index contributed by atoms with van der Waals surface area (Å²) in [6, 6.07) is 4.35. The number of nitrogens with zero attached hydrogens (tertiary/aromatic N) is 1. The van der Waals surface area contributed by atoms with Crippen LogP contribution in [0.5, 0.6) is 0 Å². The zero-order valence-corrected chi connectivity index (χ0v) is 12.5. The largest absolute Gasteiger partial charge is 0.481 e. The van der Waals surface area contributed by atoms with Crippen LogP contribution < -0.4 is 10.6 Å². The first kappa shape index (κ1) is 15.8. The number of rotatable bonds is 9. The third-order valence-electron chi connectivity index (χ3n) is 3.73. The van der Waals surface area contributed by atoms with E-state index in [1.165, 1.54) is 12.0 Å². The third-order valence-corrected chi connectivity index (χ3v) is 3.73. The molecule has 0 fully saturated rings. The Morgan fingerprint density at radius 3 is 3.00 bits per heavy atom. The summed E-state index contributed by atoms with van der Waals surface area (Å²) >= 11 is 0. The minimum atomic E-state index is -0.719. The molecule has 1 aliphatic rings. The monoisotopic (exact) mass is 291 g/mol. The van der Waals surface area contributed by atoms with E-state index in [2.05, 4.69) is 27.8 Å². The van der Waals surface area contributed by atoms with Gasteiger partial charge in [-0.15, -0.1) is 0 Å². The Hall–Kier alpha value is -1.62. The van der Waals surface area contributed by atoms with Crippen LogP contribution in [-0.2, 0) is 17.6 Å². The number of carboxylic acids is 1. The van der Waals surface area contributed by atoms with Gasteiger partial charge in [0.05, 0.1) is 0 Å². The molecule has 1 aromatic heterocycles. The predicted octanol–water partition coefficient (Wildman–Crippen LogP) is 2.22. The summed E-state index contributed by atoms with van der Waals surface area (Å²) in [4.78, 5) is 15.0. The lowest BCUT2D eigenvalue weighted by Crippen LogP contribution is -2.17. The number of unbranched alkanes of at least 4 members (excludes halogenated alkanes) is 1. The minimum absolute atomic E-state index is 0.249. The van der Waals surface area contributed by atoms with Crippen molar-refractivity contribution in [3.63, 3.8) is 0 Å². The molecule has 1 aliphatic heterocycles. The number of aliphatic carboxylic acids is 1. The summed E-state index contributed by atoms with van der Waals surface area (Å²) in [5.41, 5.74) is 2.50. The molecule has 0 unspecified atom stereocenters. The van der Waals surface area contributed by atoms with Gasteiger partial charge >= 0.3 is 5.97 Å². The molecule has 0 aliphatic carbocycles. The average Bonchev–Trinajstić information content (AvgIpc) is 2.49. The van der Waals surface area contributed by atoms with Crippen LogP contribution in [0.2, 0.25) is 0 Å². The van der Waals surface area contributed by atoms with Crippen molar-refractivity contribution in [1.82, 2.24) is 10.3 Å². The second kappa shape index (κ2) is 8.62. The Morgan fingerprint density at radius 2 is 2.14 bits per heavy atom. The fourth-order valence-corrected chi connectivity index (χ4v) is 2.55. The van der Waals surface area contributed by atoms with Crippen molar-refractivity contribution in [1.29, 1.82) is 0 Å². The van der Waals surface area contributed by atoms with E-state index in [1.807, 2.05) is 0 Å². The number of carbonyl (C=O) groups is 1. The minimum Gasteiger partial charge on any atom is -0.481 e. The number of fused-ring (bicyclic) bond motifs is 1. The van der Waals surface area contributed by atoms with Crippen molar-refractivity contribution in [3.05, 3.63) is 23.4 Å². The maximum atomic E-state index is 10.4. The highest BCUT2D eigenvalue weighted by Crippen LogP contribution is 2.20. The van der Waals surface area contributed by atoms with Crippen molar-refractivity contribution in [2.45, 2.75) is 44.9 Å². The number of aromatic nitrogens is 1. The van der Waals surface area contributed by atoms with Gasteiger partial charge in [0.25, 0.3) is 0 Å². The summed E-state index contributed by atoms with van der Waals surface area (Å²) in [5.74, 6) is 0.356. The molecule has 0 bridgehead atoms. The summed E-state index contributed by atoms with van der Waals surface area (Å²) in [7, 11) is 0. The number of nitrogens with one attached hydrogen (secondary N) is 2. The van der Waals surface area contributed by atoms with Gasteiger partial charge < -0.3 is 15.7 Å². The number of carboxylic acid groups (broad SMARTS) is 1. The summed E-state index contributed by atoms with van der Waals surface area (Å²) in [5, 5.41) is 15.2. The lowest BCUT2D eigenvalue weighted by atomic mass is 10.1. The normalized spacial score (nSPS) is 13.5. The summed E-state index contributed by atoms with van der Waals surface area (Å²) in [6.45, 7) is 2.76. The van der Waals surface area contributed by atoms with Gasteiger partial charge in [-0.3, -0.25) is 4.79 Å². The maximum absolute atomic E-state index is 10.4. The second-order valence-corrected chi connectivity index (χ2v) is 5.55. The van der Waals surface area contributed by atoms with E-state index < -0.39 is 5.97 Å². The molecule has 0 saturated heterocycles. The van der Waals surface area contributed by atoms with Crippen molar-refractivity contribution in [2.24, 2.45) is 0 Å². The van der Waals surface area contributed by atoms with Gasteiger partial charge in [-0.1, -0.05) is 6.07 Å². The van der Waals surface area contributed by atoms with Crippen molar-refractivity contribution < 1.29 is 9.90 Å². The van der Waals surface area contributed by atoms with Crippen LogP contribution in [0, 0.1) is 0 Å². The number of aryl methyl sites for hydroxylation is 2. The van der Waals surface area contributed by atoms with E-state index in [0.29, 0.717) is 6.42 Å². The molecule has 3 N–H and O–H groups in total. The van der Waals surface area contributed by atoms with Crippen LogP contribution >= 0.6 is 0 Å². The average molecular weight is 291 g/mol. The van der Waals surface area contributed by atoms with Crippen LogP contribution in [0.25, 0.3) is 0 Å². The van der Waals surface area contributed by atoms with Gasteiger partial charge in [0.15, 0.2) is 0 Å². The van der Waals surface area contributed by atoms with Gasteiger partial charge in [-0.2, -0.15) is 0 Å². The molecule has 2 heterocycles. The Kier molecular flexibility index (Phi) is 6.47. The molecule has 0 saturated carbocycles. The van der Waals surface area contributed by atoms with Crippen molar-refractivity contribution in [3.8, 4) is 0 Å². The first-order valence-corrected chi connectivity index (χ1v) is 7.91. The summed E-state index contributed by atoms with van der Waals surface area (Å²) in [6.07, 6.45) is 6.49. The highest BCUT2D eigenvalue weighted by atomic mass is 16.4. The van der Waals surface area contributed by atoms with Crippen LogP contribution in [-0.4, -0.2) is 35.7 Å². The zero-order valence-electron chi connectivity index (χ0n) is 12.5. The molecule has 21 heavy (non-hydrogen) atoms. The van der Waals surface area contributed by atoms with E-state index in [9.17, 15) is 4.79 Å². The number of hydrogen-bond acceptors (Lipinski definition) is 4. The molecule has 0 aromatic carbocycles. The SMILES string of the molecule is O=C(O)CCCNCCCCc1ccc2c(n1)NCCC2. The fraction of sp³-hybridized carbons (Fsp3) is 0.625. The van der Waals surface area contributed by atoms with Crippen LogP contribution in [0.15, 0.2) is 12.1 Å². The lowest BCUT2D eigenvalue weighted by Gasteiger charge is -2.17.